The number of hydrogen-bond donors (Lipinski definition) is 3. The number of carbonyl (C=O) groups excluding carboxylic acids is 4. The highest BCUT2D eigenvalue weighted by Gasteiger charge is 2.30. The topological polar surface area (TPSA) is 237 Å². The number of unbranched alkanes of at least 4 members (excludes halogenated alkanes) is 32. The van der Waals surface area contributed by atoms with Crippen LogP contribution in [0, 0.1) is 23.7 Å². The Kier molecular flexibility index (Phi) is 59.4. The summed E-state index contributed by atoms with van der Waals surface area (Å²) in [6.45, 7) is 14.1. The van der Waals surface area contributed by atoms with Crippen molar-refractivity contribution in [3.63, 3.8) is 0 Å². The zero-order chi connectivity index (χ0) is 66.8. The molecule has 0 aromatic heterocycles. The molecule has 0 saturated carbocycles. The third-order valence-corrected chi connectivity index (χ3v) is 18.9. The van der Waals surface area contributed by atoms with E-state index in [1.54, 1.807) is 0 Å². The Bertz CT molecular complexity index is 1790. The number of aliphatic hydroxyl groups is 1. The van der Waals surface area contributed by atoms with Gasteiger partial charge in [0.2, 0.25) is 0 Å². The second-order valence-corrected chi connectivity index (χ2v) is 30.0. The first-order valence-electron chi connectivity index (χ1n) is 36.8. The first-order valence-corrected chi connectivity index (χ1v) is 39.8. The van der Waals surface area contributed by atoms with Crippen molar-refractivity contribution >= 4 is 39.5 Å². The highest BCUT2D eigenvalue weighted by molar-refractivity contribution is 7.47. The van der Waals surface area contributed by atoms with Crippen LogP contribution < -0.4 is 0 Å². The van der Waals surface area contributed by atoms with Crippen LogP contribution in [0.3, 0.4) is 0 Å². The summed E-state index contributed by atoms with van der Waals surface area (Å²) in [5.41, 5.74) is 0. The lowest BCUT2D eigenvalue weighted by atomic mass is 9.99. The molecule has 534 valence electrons. The highest BCUT2D eigenvalue weighted by atomic mass is 31.2. The molecule has 0 heterocycles. The molecule has 17 nitrogen and oxygen atoms in total. The summed E-state index contributed by atoms with van der Waals surface area (Å²) >= 11 is 0. The number of hydrogen-bond acceptors (Lipinski definition) is 15. The fraction of sp³-hybridized carbons (Fsp3) is 0.944. The van der Waals surface area contributed by atoms with Crippen LogP contribution in [-0.4, -0.2) is 96.7 Å². The number of aliphatic hydroxyl groups excluding tert-OH is 1. The molecule has 19 heteroatoms. The Morgan fingerprint density at radius 1 is 0.311 bits per heavy atom. The van der Waals surface area contributed by atoms with Crippen LogP contribution in [0.4, 0.5) is 0 Å². The second kappa shape index (κ2) is 60.7. The van der Waals surface area contributed by atoms with Crippen LogP contribution in [0.25, 0.3) is 0 Å². The van der Waals surface area contributed by atoms with Crippen LogP contribution >= 0.6 is 15.6 Å². The molecule has 0 bridgehead atoms. The third-order valence-electron chi connectivity index (χ3n) is 17.0. The molecular weight excluding hydrogens is 1190 g/mol. The molecule has 0 aliphatic heterocycles. The number of ether oxygens (including phenoxy) is 4. The molecule has 90 heavy (non-hydrogen) atoms. The van der Waals surface area contributed by atoms with E-state index in [-0.39, 0.29) is 25.7 Å². The summed E-state index contributed by atoms with van der Waals surface area (Å²) in [5.74, 6) is 0.905. The van der Waals surface area contributed by atoms with Crippen molar-refractivity contribution in [2.45, 2.75) is 369 Å². The lowest BCUT2D eigenvalue weighted by molar-refractivity contribution is -0.161. The average Bonchev–Trinajstić information content (AvgIpc) is 3.65. The van der Waals surface area contributed by atoms with E-state index in [0.717, 1.165) is 120 Å². The first-order chi connectivity index (χ1) is 43.2. The minimum atomic E-state index is -4.95. The minimum Gasteiger partial charge on any atom is -0.462 e. The summed E-state index contributed by atoms with van der Waals surface area (Å²) in [5, 5.41) is 10.6. The zero-order valence-corrected chi connectivity index (χ0v) is 60.6. The molecule has 0 aromatic carbocycles. The number of esters is 4. The summed E-state index contributed by atoms with van der Waals surface area (Å²) in [6.07, 6.45) is 43.0. The summed E-state index contributed by atoms with van der Waals surface area (Å²) < 4.78 is 68.3. The lowest BCUT2D eigenvalue weighted by Crippen LogP contribution is -2.30. The van der Waals surface area contributed by atoms with Crippen LogP contribution in [0.15, 0.2) is 0 Å². The van der Waals surface area contributed by atoms with Gasteiger partial charge >= 0.3 is 39.5 Å². The van der Waals surface area contributed by atoms with Gasteiger partial charge in [-0.05, 0) is 49.4 Å². The molecule has 0 aliphatic carbocycles. The molecule has 4 unspecified atom stereocenters. The van der Waals surface area contributed by atoms with Crippen molar-refractivity contribution in [3.05, 3.63) is 0 Å². The largest absolute Gasteiger partial charge is 0.472 e. The van der Waals surface area contributed by atoms with Crippen LogP contribution in [0.2, 0.25) is 0 Å². The quantitative estimate of drug-likeness (QED) is 0.0222. The maximum Gasteiger partial charge on any atom is 0.472 e. The standard InChI is InChI=1S/C71H138O17P2/c1-9-63(7)49-41-33-25-21-22-28-38-46-54-71(76)88-67(58-82-69(74)52-44-36-30-29-34-42-50-64(8)10-2)60-86-90(79,80)84-56-65(72)55-83-89(77,78)85-59-66(87-70(75)53-45-37-27-20-16-15-18-24-32-40-48-62(5)6)57-81-68(73)51-43-35-26-19-14-12-11-13-17-23-31-39-47-61(3)4/h61-67,72H,9-60H2,1-8H3,(H,77,78)(H,79,80)/t63?,64?,65-,66-,67-/m1/s1. The van der Waals surface area contributed by atoms with Gasteiger partial charge in [-0.3, -0.25) is 37.3 Å². The van der Waals surface area contributed by atoms with Gasteiger partial charge in [0.15, 0.2) is 12.2 Å². The van der Waals surface area contributed by atoms with E-state index in [1.807, 2.05) is 0 Å². The lowest BCUT2D eigenvalue weighted by Gasteiger charge is -2.21. The van der Waals surface area contributed by atoms with Gasteiger partial charge in [-0.25, -0.2) is 9.13 Å². The molecule has 7 atom stereocenters. The molecule has 0 fully saturated rings. The second-order valence-electron chi connectivity index (χ2n) is 27.1. The fourth-order valence-corrected chi connectivity index (χ4v) is 12.2. The molecular formula is C71H138O17P2. The first kappa shape index (κ1) is 88.1. The van der Waals surface area contributed by atoms with Crippen molar-refractivity contribution in [2.24, 2.45) is 23.7 Å². The number of rotatable bonds is 68. The van der Waals surface area contributed by atoms with Crippen molar-refractivity contribution in [1.82, 2.24) is 0 Å². The van der Waals surface area contributed by atoms with Crippen molar-refractivity contribution in [2.75, 3.05) is 39.6 Å². The van der Waals surface area contributed by atoms with Crippen molar-refractivity contribution < 1.29 is 80.2 Å². The van der Waals surface area contributed by atoms with E-state index >= 15 is 0 Å². The van der Waals surface area contributed by atoms with Crippen LogP contribution in [0.5, 0.6) is 0 Å². The molecule has 3 N–H and O–H groups in total. The van der Waals surface area contributed by atoms with Crippen molar-refractivity contribution in [1.29, 1.82) is 0 Å². The number of carbonyl (C=O) groups is 4. The molecule has 0 amide bonds. The number of phosphoric acid groups is 2. The Morgan fingerprint density at radius 2 is 0.533 bits per heavy atom. The molecule has 0 aliphatic rings. The minimum absolute atomic E-state index is 0.104. The predicted octanol–water partition coefficient (Wildman–Crippen LogP) is 20.1. The molecule has 0 aromatic rings. The van der Waals surface area contributed by atoms with E-state index in [1.165, 1.54) is 148 Å². The van der Waals surface area contributed by atoms with E-state index < -0.39 is 97.5 Å². The van der Waals surface area contributed by atoms with E-state index in [9.17, 15) is 43.2 Å². The zero-order valence-electron chi connectivity index (χ0n) is 58.8. The van der Waals surface area contributed by atoms with E-state index in [2.05, 4.69) is 55.4 Å². The van der Waals surface area contributed by atoms with Gasteiger partial charge in [0, 0.05) is 25.7 Å². The predicted molar refractivity (Wildman–Crippen MR) is 363 cm³/mol. The maximum absolute atomic E-state index is 13.0. The number of phosphoric ester groups is 2. The molecule has 0 saturated heterocycles. The molecule has 0 radical (unpaired) electrons. The highest BCUT2D eigenvalue weighted by Crippen LogP contribution is 2.45. The van der Waals surface area contributed by atoms with Gasteiger partial charge < -0.3 is 33.8 Å². The molecule has 0 spiro atoms. The van der Waals surface area contributed by atoms with Gasteiger partial charge in [0.05, 0.1) is 26.4 Å². The third kappa shape index (κ3) is 62.2. The Morgan fingerprint density at radius 3 is 0.789 bits per heavy atom. The Labute approximate surface area is 549 Å². The smallest absolute Gasteiger partial charge is 0.462 e. The SMILES string of the molecule is CCC(C)CCCCCCCCCCC(=O)O[C@H](COC(=O)CCCCCCCCC(C)CC)COP(=O)(O)OC[C@H](O)COP(=O)(O)OC[C@@H](COC(=O)CCCCCCCCCCCCCCC(C)C)OC(=O)CCCCCCCCCCCCC(C)C. The summed E-state index contributed by atoms with van der Waals surface area (Å²) in [6, 6.07) is 0. The Hall–Kier alpha value is -1.94. The van der Waals surface area contributed by atoms with Gasteiger partial charge in [0.1, 0.15) is 19.3 Å². The normalized spacial score (nSPS) is 14.9. The van der Waals surface area contributed by atoms with Gasteiger partial charge in [-0.1, -0.05) is 299 Å². The van der Waals surface area contributed by atoms with Gasteiger partial charge in [0.25, 0.3) is 0 Å². The summed E-state index contributed by atoms with van der Waals surface area (Å²) in [7, 11) is -9.91. The van der Waals surface area contributed by atoms with Gasteiger partial charge in [-0.15, -0.1) is 0 Å². The van der Waals surface area contributed by atoms with Gasteiger partial charge in [-0.2, -0.15) is 0 Å². The maximum atomic E-state index is 13.0. The van der Waals surface area contributed by atoms with Crippen LogP contribution in [-0.2, 0) is 65.4 Å². The monoisotopic (exact) mass is 1320 g/mol. The van der Waals surface area contributed by atoms with E-state index in [0.29, 0.717) is 25.7 Å². The van der Waals surface area contributed by atoms with E-state index in [4.69, 9.17) is 37.0 Å². The Balaban J connectivity index is 5.26. The molecule has 0 rings (SSSR count). The summed E-state index contributed by atoms with van der Waals surface area (Å²) in [4.78, 5) is 72.6. The fourth-order valence-electron chi connectivity index (χ4n) is 10.6. The van der Waals surface area contributed by atoms with Crippen molar-refractivity contribution in [3.8, 4) is 0 Å². The average molecular weight is 1330 g/mol. The van der Waals surface area contributed by atoms with Crippen LogP contribution in [0.1, 0.15) is 351 Å².